The number of hydrogen-bond acceptors (Lipinski definition) is 7. The molecule has 26 heavy (non-hydrogen) atoms. The van der Waals surface area contributed by atoms with Crippen molar-refractivity contribution in [1.82, 2.24) is 25.2 Å². The molecule has 0 bridgehead atoms. The minimum atomic E-state index is -0.262. The summed E-state index contributed by atoms with van der Waals surface area (Å²) in [6.07, 6.45) is 4.80. The van der Waals surface area contributed by atoms with Gasteiger partial charge >= 0.3 is 0 Å². The monoisotopic (exact) mass is 354 g/mol. The zero-order chi connectivity index (χ0) is 18.1. The molecule has 1 atom stereocenters. The summed E-state index contributed by atoms with van der Waals surface area (Å²) in [5.41, 5.74) is 2.75. The van der Waals surface area contributed by atoms with Crippen molar-refractivity contribution in [2.24, 2.45) is 4.99 Å². The van der Waals surface area contributed by atoms with E-state index in [9.17, 15) is 4.48 Å². The molecule has 0 saturated heterocycles. The Morgan fingerprint density at radius 1 is 1.19 bits per heavy atom. The van der Waals surface area contributed by atoms with E-state index < -0.39 is 0 Å². The molecule has 0 spiro atoms. The first-order valence-corrected chi connectivity index (χ1v) is 8.49. The van der Waals surface area contributed by atoms with Crippen LogP contribution >= 0.6 is 0 Å². The van der Waals surface area contributed by atoms with Crippen molar-refractivity contribution >= 4 is 12.0 Å². The van der Waals surface area contributed by atoms with E-state index >= 15 is 0 Å². The Balaban J connectivity index is 1.59. The first kappa shape index (κ1) is 15.2. The quantitative estimate of drug-likeness (QED) is 0.732. The highest BCUT2D eigenvalue weighted by atomic mass is 19.2. The number of benzene rings is 1. The molecule has 0 aliphatic carbocycles. The lowest BCUT2D eigenvalue weighted by Gasteiger charge is -2.41. The Kier molecular flexibility index (Phi) is 2.90. The molecule has 134 valence electrons. The highest BCUT2D eigenvalue weighted by Crippen LogP contribution is 2.45. The summed E-state index contributed by atoms with van der Waals surface area (Å²) in [6.45, 7) is 6.40. The van der Waals surface area contributed by atoms with Crippen molar-refractivity contribution in [3.63, 3.8) is 0 Å². The van der Waals surface area contributed by atoms with Crippen LogP contribution in [0, 0.1) is 0 Å². The molecule has 0 fully saturated rings. The summed E-state index contributed by atoms with van der Waals surface area (Å²) in [5.74, 6) is 0.710. The van der Waals surface area contributed by atoms with Crippen LogP contribution in [0.25, 0.3) is 0 Å². The Morgan fingerprint density at radius 2 is 2.00 bits per heavy atom. The van der Waals surface area contributed by atoms with Gasteiger partial charge in [0, 0.05) is 11.0 Å². The molecule has 3 aliphatic rings. The van der Waals surface area contributed by atoms with Crippen LogP contribution in [0.2, 0.25) is 0 Å². The summed E-state index contributed by atoms with van der Waals surface area (Å²) in [6, 6.07) is 7.94. The summed E-state index contributed by atoms with van der Waals surface area (Å²) in [7, 11) is 0. The molecule has 9 heteroatoms. The topological polar surface area (TPSA) is 56.0 Å². The second-order valence-electron chi connectivity index (χ2n) is 7.59. The smallest absolute Gasteiger partial charge is 0.173 e. The maximum Gasteiger partial charge on any atom is 0.173 e. The van der Waals surface area contributed by atoms with Crippen LogP contribution in [-0.2, 0) is 5.41 Å². The van der Waals surface area contributed by atoms with Crippen molar-refractivity contribution < 1.29 is 4.48 Å². The van der Waals surface area contributed by atoms with E-state index in [2.05, 4.69) is 36.1 Å². The number of para-hydroxylation sites is 1. The number of hydrazine groups is 1. The van der Waals surface area contributed by atoms with E-state index in [4.69, 9.17) is 0 Å². The molecule has 2 aromatic rings. The summed E-state index contributed by atoms with van der Waals surface area (Å²) < 4.78 is 14.1. The van der Waals surface area contributed by atoms with Crippen molar-refractivity contribution in [3.05, 3.63) is 53.7 Å². The second-order valence-corrected chi connectivity index (χ2v) is 7.59. The first-order chi connectivity index (χ1) is 12.4. The molecule has 1 unspecified atom stereocenters. The van der Waals surface area contributed by atoms with Crippen LogP contribution in [0.3, 0.4) is 0 Å². The highest BCUT2D eigenvalue weighted by molar-refractivity contribution is 5.73. The first-order valence-electron chi connectivity index (χ1n) is 8.49. The van der Waals surface area contributed by atoms with Crippen molar-refractivity contribution in [3.8, 4) is 0 Å². The number of aromatic nitrogens is 3. The molecule has 8 nitrogen and oxygen atoms in total. The van der Waals surface area contributed by atoms with Crippen LogP contribution in [0.4, 0.5) is 10.2 Å². The van der Waals surface area contributed by atoms with Gasteiger partial charge in [-0.05, 0) is 11.3 Å². The molecule has 4 heterocycles. The van der Waals surface area contributed by atoms with Crippen LogP contribution in [-0.4, -0.2) is 38.2 Å². The summed E-state index contributed by atoms with van der Waals surface area (Å²) in [4.78, 5) is 8.21. The van der Waals surface area contributed by atoms with E-state index in [1.807, 2.05) is 40.4 Å². The SMILES string of the molecule is CC(C)(C)c1cn(N2C=NC3c4ccccc4N4CN(F)C=C4N32)nn1. The van der Waals surface area contributed by atoms with Crippen molar-refractivity contribution in [1.29, 1.82) is 0 Å². The lowest BCUT2D eigenvalue weighted by molar-refractivity contribution is 0.104. The fourth-order valence-electron chi connectivity index (χ4n) is 3.42. The fraction of sp³-hybridized carbons (Fsp3) is 0.353. The number of aliphatic imine (C=N–C) groups is 1. The van der Waals surface area contributed by atoms with Crippen LogP contribution in [0.5, 0.6) is 0 Å². The van der Waals surface area contributed by atoms with Gasteiger partial charge in [-0.25, -0.2) is 10.0 Å². The van der Waals surface area contributed by atoms with Gasteiger partial charge in [-0.15, -0.1) is 9.89 Å². The molecule has 0 N–H and O–H groups in total. The molecule has 1 aromatic heterocycles. The normalized spacial score (nSPS) is 21.1. The van der Waals surface area contributed by atoms with Gasteiger partial charge < -0.3 is 4.90 Å². The Hall–Kier alpha value is -3.10. The van der Waals surface area contributed by atoms with Gasteiger partial charge in [-0.1, -0.05) is 43.5 Å². The van der Waals surface area contributed by atoms with E-state index in [1.54, 1.807) is 16.2 Å². The van der Waals surface area contributed by atoms with Crippen LogP contribution in [0.15, 0.2) is 47.5 Å². The molecule has 1 aromatic carbocycles. The number of nitrogens with zero attached hydrogens (tertiary/aromatic N) is 8. The molecule has 0 amide bonds. The standard InChI is InChI=1S/C17H19FN8/c1-17(2,3)14-8-24(21-20-14)25-10-19-16-12-6-4-5-7-13(12)23-11-22(18)9-15(23)26(16)25/h4-10,16H,11H2,1-3H3. The minimum Gasteiger partial charge on any atom is -0.304 e. The average molecular weight is 354 g/mol. The van der Waals surface area contributed by atoms with Crippen LogP contribution < -0.4 is 10.0 Å². The molecule has 0 saturated carbocycles. The predicted molar refractivity (Wildman–Crippen MR) is 94.8 cm³/mol. The number of anilines is 1. The zero-order valence-electron chi connectivity index (χ0n) is 14.8. The van der Waals surface area contributed by atoms with Gasteiger partial charge in [0.05, 0.1) is 23.8 Å². The zero-order valence-corrected chi connectivity index (χ0v) is 14.8. The molecule has 0 radical (unpaired) electrons. The highest BCUT2D eigenvalue weighted by Gasteiger charge is 2.44. The Labute approximate surface area is 150 Å². The van der Waals surface area contributed by atoms with E-state index in [0.717, 1.165) is 16.9 Å². The van der Waals surface area contributed by atoms with Crippen molar-refractivity contribution in [2.45, 2.75) is 32.4 Å². The Bertz CT molecular complexity index is 927. The number of halogens is 1. The van der Waals surface area contributed by atoms with Gasteiger partial charge in [0.15, 0.2) is 12.0 Å². The van der Waals surface area contributed by atoms with Gasteiger partial charge in [0.25, 0.3) is 0 Å². The van der Waals surface area contributed by atoms with E-state index in [0.29, 0.717) is 10.9 Å². The van der Waals surface area contributed by atoms with Crippen LogP contribution in [0.1, 0.15) is 38.2 Å². The summed E-state index contributed by atoms with van der Waals surface area (Å²) in [5, 5.41) is 12.9. The third kappa shape index (κ3) is 2.03. The fourth-order valence-corrected chi connectivity index (χ4v) is 3.42. The van der Waals surface area contributed by atoms with Gasteiger partial charge in [-0.3, -0.25) is 0 Å². The molecule has 5 rings (SSSR count). The third-order valence-electron chi connectivity index (χ3n) is 4.77. The van der Waals surface area contributed by atoms with E-state index in [-0.39, 0.29) is 18.2 Å². The van der Waals surface area contributed by atoms with Gasteiger partial charge in [0.2, 0.25) is 0 Å². The minimum absolute atomic E-state index is 0.114. The van der Waals surface area contributed by atoms with Gasteiger partial charge in [-0.2, -0.15) is 10.2 Å². The Morgan fingerprint density at radius 3 is 2.77 bits per heavy atom. The maximum absolute atomic E-state index is 14.1. The van der Waals surface area contributed by atoms with Gasteiger partial charge in [0.1, 0.15) is 13.0 Å². The number of fused-ring (bicyclic) bond motifs is 6. The number of hydrogen-bond donors (Lipinski definition) is 0. The largest absolute Gasteiger partial charge is 0.304 e. The maximum atomic E-state index is 14.1. The lowest BCUT2D eigenvalue weighted by atomic mass is 9.93. The predicted octanol–water partition coefficient (Wildman–Crippen LogP) is 2.25. The molecule has 3 aliphatic heterocycles. The molecular weight excluding hydrogens is 335 g/mol. The van der Waals surface area contributed by atoms with Crippen molar-refractivity contribution in [2.75, 3.05) is 16.7 Å². The average Bonchev–Trinajstić information content (AvgIpc) is 3.30. The van der Waals surface area contributed by atoms with E-state index in [1.165, 1.54) is 6.20 Å². The lowest BCUT2D eigenvalue weighted by Crippen LogP contribution is -2.51. The molecular formula is C17H19FN8. The third-order valence-corrected chi connectivity index (χ3v) is 4.77. The summed E-state index contributed by atoms with van der Waals surface area (Å²) >= 11 is 0. The second kappa shape index (κ2) is 4.96. The number of rotatable bonds is 1.